The Morgan fingerprint density at radius 3 is 2.43 bits per heavy atom. The monoisotopic (exact) mass is 578 g/mol. The van der Waals surface area contributed by atoms with Gasteiger partial charge in [0.1, 0.15) is 11.5 Å². The average molecular weight is 579 g/mol. The van der Waals surface area contributed by atoms with E-state index in [1.165, 1.54) is 0 Å². The summed E-state index contributed by atoms with van der Waals surface area (Å²) in [5.74, 6) is -0.707. The van der Waals surface area contributed by atoms with Crippen molar-refractivity contribution in [2.45, 2.75) is 58.7 Å². The van der Waals surface area contributed by atoms with Crippen LogP contribution in [-0.4, -0.2) is 53.5 Å². The third-order valence-corrected chi connectivity index (χ3v) is 7.53. The summed E-state index contributed by atoms with van der Waals surface area (Å²) in [6, 6.07) is 10.5. The molecule has 1 unspecified atom stereocenters. The van der Waals surface area contributed by atoms with Crippen molar-refractivity contribution in [1.29, 1.82) is 0 Å². The Morgan fingerprint density at radius 2 is 1.78 bits per heavy atom. The molecule has 9 heteroatoms. The third-order valence-electron chi connectivity index (χ3n) is 7.04. The van der Waals surface area contributed by atoms with Gasteiger partial charge in [0.05, 0.1) is 0 Å². The average Bonchev–Trinajstić information content (AvgIpc) is 2.87. The van der Waals surface area contributed by atoms with Crippen LogP contribution in [0, 0.1) is 0 Å². The molecule has 37 heavy (non-hydrogen) atoms. The van der Waals surface area contributed by atoms with Crippen LogP contribution in [0.1, 0.15) is 67.9 Å². The fourth-order valence-electron chi connectivity index (χ4n) is 5.25. The number of amides is 2. The Morgan fingerprint density at radius 1 is 1.05 bits per heavy atom. The van der Waals surface area contributed by atoms with Gasteiger partial charge in [-0.1, -0.05) is 34.8 Å². The summed E-state index contributed by atoms with van der Waals surface area (Å²) in [7, 11) is 0. The number of carbonyl (C=O) groups excluding carboxylic acids is 2. The van der Waals surface area contributed by atoms with E-state index >= 15 is 0 Å². The van der Waals surface area contributed by atoms with Gasteiger partial charge in [0.25, 0.3) is 5.91 Å². The van der Waals surface area contributed by atoms with Crippen LogP contribution in [0.25, 0.3) is 5.57 Å². The highest BCUT2D eigenvalue weighted by Gasteiger charge is 2.46. The Bertz CT molecular complexity index is 1240. The second-order valence-electron chi connectivity index (χ2n) is 9.30. The van der Waals surface area contributed by atoms with Crippen LogP contribution in [0.2, 0.25) is 0 Å². The Hall–Kier alpha value is -2.81. The maximum Gasteiger partial charge on any atom is 0.471 e. The second kappa shape index (κ2) is 10.9. The van der Waals surface area contributed by atoms with Gasteiger partial charge < -0.3 is 14.5 Å². The molecule has 2 aliphatic rings. The molecular weight excluding hydrogens is 549 g/mol. The summed E-state index contributed by atoms with van der Waals surface area (Å²) >= 11 is 3.53. The van der Waals surface area contributed by atoms with Crippen LogP contribution in [0.3, 0.4) is 0 Å². The second-order valence-corrected chi connectivity index (χ2v) is 10.2. The molecule has 198 valence electrons. The molecule has 1 atom stereocenters. The number of likely N-dealkylation sites (tertiary alicyclic amines) is 1. The molecule has 0 aromatic heterocycles. The van der Waals surface area contributed by atoms with Gasteiger partial charge in [-0.3, -0.25) is 9.59 Å². The molecule has 1 saturated heterocycles. The van der Waals surface area contributed by atoms with Gasteiger partial charge in [0.2, 0.25) is 0 Å². The normalized spacial score (nSPS) is 19.1. The van der Waals surface area contributed by atoms with Crippen LogP contribution in [0.5, 0.6) is 11.5 Å². The van der Waals surface area contributed by atoms with E-state index in [9.17, 15) is 22.8 Å². The number of ether oxygens (including phenoxy) is 1. The van der Waals surface area contributed by atoms with Gasteiger partial charge in [0.15, 0.2) is 0 Å². The summed E-state index contributed by atoms with van der Waals surface area (Å²) in [6.07, 6.45) is -3.09. The van der Waals surface area contributed by atoms with Crippen molar-refractivity contribution < 1.29 is 27.5 Å². The molecule has 2 aliphatic heterocycles. The number of nitrogens with zero attached hydrogens (tertiary/aromatic N) is 2. The van der Waals surface area contributed by atoms with Crippen molar-refractivity contribution in [3.05, 3.63) is 63.1 Å². The van der Waals surface area contributed by atoms with E-state index in [4.69, 9.17) is 4.74 Å². The van der Waals surface area contributed by atoms with Gasteiger partial charge in [0, 0.05) is 46.8 Å². The summed E-state index contributed by atoms with van der Waals surface area (Å²) < 4.78 is 47.0. The number of halogens is 4. The molecule has 0 radical (unpaired) electrons. The minimum absolute atomic E-state index is 0.0000994. The topological polar surface area (TPSA) is 49.9 Å². The molecule has 0 bridgehead atoms. The molecule has 0 aliphatic carbocycles. The molecule has 0 spiro atoms. The van der Waals surface area contributed by atoms with E-state index in [2.05, 4.69) is 15.9 Å². The highest BCUT2D eigenvalue weighted by atomic mass is 79.9. The first kappa shape index (κ1) is 27.2. The lowest BCUT2D eigenvalue weighted by Crippen LogP contribution is -2.50. The molecule has 1 fully saturated rings. The number of fused-ring (bicyclic) bond motifs is 2. The predicted octanol–water partition coefficient (Wildman–Crippen LogP) is 7.19. The number of piperidine rings is 1. The van der Waals surface area contributed by atoms with E-state index < -0.39 is 18.1 Å². The van der Waals surface area contributed by atoms with E-state index in [1.807, 2.05) is 45.0 Å². The minimum Gasteiger partial charge on any atom is -0.456 e. The van der Waals surface area contributed by atoms with Crippen LogP contribution < -0.4 is 4.74 Å². The molecule has 2 heterocycles. The lowest BCUT2D eigenvalue weighted by molar-refractivity contribution is -0.188. The lowest BCUT2D eigenvalue weighted by Gasteiger charge is -2.39. The number of rotatable bonds is 5. The van der Waals surface area contributed by atoms with Crippen LogP contribution in [0.4, 0.5) is 13.2 Å². The summed E-state index contributed by atoms with van der Waals surface area (Å²) in [6.45, 7) is 6.93. The predicted molar refractivity (Wildman–Crippen MR) is 140 cm³/mol. The summed E-state index contributed by atoms with van der Waals surface area (Å²) in [5.41, 5.74) is 4.03. The van der Waals surface area contributed by atoms with Crippen molar-refractivity contribution in [2.24, 2.45) is 0 Å². The van der Waals surface area contributed by atoms with Crippen molar-refractivity contribution in [3.8, 4) is 11.5 Å². The largest absolute Gasteiger partial charge is 0.471 e. The van der Waals surface area contributed by atoms with Crippen molar-refractivity contribution >= 4 is 33.3 Å². The fourth-order valence-corrected chi connectivity index (χ4v) is 5.61. The highest BCUT2D eigenvalue weighted by molar-refractivity contribution is 9.10. The summed E-state index contributed by atoms with van der Waals surface area (Å²) in [5, 5.41) is 0. The van der Waals surface area contributed by atoms with Gasteiger partial charge in [-0.25, -0.2) is 0 Å². The van der Waals surface area contributed by atoms with E-state index in [-0.39, 0.29) is 12.5 Å². The van der Waals surface area contributed by atoms with E-state index in [1.54, 1.807) is 17.0 Å². The zero-order valence-corrected chi connectivity index (χ0v) is 22.7. The minimum atomic E-state index is -4.90. The van der Waals surface area contributed by atoms with Crippen molar-refractivity contribution in [2.75, 3.05) is 19.6 Å². The molecular formula is C28H30BrF3N2O3. The van der Waals surface area contributed by atoms with E-state index in [0.29, 0.717) is 55.8 Å². The maximum atomic E-state index is 13.3. The number of hydrogen-bond acceptors (Lipinski definition) is 3. The van der Waals surface area contributed by atoms with Crippen molar-refractivity contribution in [3.63, 3.8) is 0 Å². The number of alkyl halides is 3. The van der Waals surface area contributed by atoms with Crippen LogP contribution in [-0.2, 0) is 4.79 Å². The SMILES string of the molecule is CCCC1C/C(=C2\c3ccc(C(=O)N(CC)CC)cc3Oc3ccc(Br)cc32)CCN1C(=O)C(F)(F)F. The standard InChI is InChI=1S/C28H30BrF3N2O3/c1-4-7-20-14-17(12-13-34(20)27(36)28(30,31)32)25-21-10-8-18(26(35)33(5-2)6-3)15-24(21)37-23-11-9-19(29)16-22(23)25/h8-11,15-16,20H,4-7,12-14H2,1-3H3/b25-17+. The number of hydrogen-bond donors (Lipinski definition) is 0. The molecule has 5 nitrogen and oxygen atoms in total. The van der Waals surface area contributed by atoms with E-state index in [0.717, 1.165) is 31.6 Å². The Kier molecular flexibility index (Phi) is 8.02. The van der Waals surface area contributed by atoms with Crippen LogP contribution in [0.15, 0.2) is 46.4 Å². The first-order valence-electron chi connectivity index (χ1n) is 12.6. The number of carbonyl (C=O) groups is 2. The molecule has 4 rings (SSSR count). The first-order chi connectivity index (χ1) is 17.6. The quantitative estimate of drug-likeness (QED) is 0.322. The van der Waals surface area contributed by atoms with Crippen LogP contribution >= 0.6 is 15.9 Å². The molecule has 0 saturated carbocycles. The zero-order chi connectivity index (χ0) is 26.9. The molecule has 2 aromatic rings. The fraction of sp³-hybridized carbons (Fsp3) is 0.429. The maximum absolute atomic E-state index is 13.3. The lowest BCUT2D eigenvalue weighted by atomic mass is 9.83. The van der Waals surface area contributed by atoms with Crippen molar-refractivity contribution in [1.82, 2.24) is 9.80 Å². The summed E-state index contributed by atoms with van der Waals surface area (Å²) in [4.78, 5) is 27.9. The highest BCUT2D eigenvalue weighted by Crippen LogP contribution is 2.48. The van der Waals surface area contributed by atoms with Gasteiger partial charge in [-0.2, -0.15) is 13.2 Å². The Balaban J connectivity index is 1.81. The molecule has 2 amide bonds. The van der Waals surface area contributed by atoms with Gasteiger partial charge in [-0.05, 0) is 75.1 Å². The molecule has 0 N–H and O–H groups in total. The Labute approximate surface area is 223 Å². The first-order valence-corrected chi connectivity index (χ1v) is 13.4. The zero-order valence-electron chi connectivity index (χ0n) is 21.1. The molecule has 2 aromatic carbocycles. The third kappa shape index (κ3) is 5.42. The van der Waals surface area contributed by atoms with Gasteiger partial charge >= 0.3 is 12.1 Å². The smallest absolute Gasteiger partial charge is 0.456 e. The number of benzene rings is 2. The van der Waals surface area contributed by atoms with Gasteiger partial charge in [-0.15, -0.1) is 0 Å².